The Morgan fingerprint density at radius 3 is 2.80 bits per heavy atom. The van der Waals surface area contributed by atoms with E-state index in [1.54, 1.807) is 0 Å². The maximum atomic E-state index is 11.3. The number of hydrogen-bond donors (Lipinski definition) is 2. The van der Waals surface area contributed by atoms with Gasteiger partial charge in [-0.25, -0.2) is 0 Å². The van der Waals surface area contributed by atoms with Crippen LogP contribution in [0.2, 0.25) is 0 Å². The third-order valence-electron chi connectivity index (χ3n) is 1.83. The van der Waals surface area contributed by atoms with Gasteiger partial charge in [-0.2, -0.15) is 0 Å². The molecular formula is C11H22N2O2. The quantitative estimate of drug-likeness (QED) is 0.464. The summed E-state index contributed by atoms with van der Waals surface area (Å²) in [6.45, 7) is 9.15. The van der Waals surface area contributed by atoms with Gasteiger partial charge in [-0.3, -0.25) is 4.79 Å². The van der Waals surface area contributed by atoms with Crippen LogP contribution in [-0.2, 0) is 9.53 Å². The van der Waals surface area contributed by atoms with Crippen LogP contribution in [0.25, 0.3) is 0 Å². The second-order valence-electron chi connectivity index (χ2n) is 3.70. The Balaban J connectivity index is 3.42. The van der Waals surface area contributed by atoms with E-state index in [0.717, 1.165) is 18.4 Å². The molecule has 0 unspecified atom stereocenters. The highest BCUT2D eigenvalue weighted by molar-refractivity contribution is 5.81. The lowest BCUT2D eigenvalue weighted by atomic mass is 10.2. The van der Waals surface area contributed by atoms with Crippen LogP contribution in [-0.4, -0.2) is 31.7 Å². The van der Waals surface area contributed by atoms with Crippen molar-refractivity contribution in [3.63, 3.8) is 0 Å². The van der Waals surface area contributed by atoms with E-state index in [2.05, 4.69) is 11.9 Å². The first-order valence-electron chi connectivity index (χ1n) is 5.33. The lowest BCUT2D eigenvalue weighted by Gasteiger charge is -2.11. The molecule has 4 nitrogen and oxygen atoms in total. The van der Waals surface area contributed by atoms with Crippen molar-refractivity contribution in [2.24, 2.45) is 5.73 Å². The molecule has 4 heteroatoms. The summed E-state index contributed by atoms with van der Waals surface area (Å²) in [5.41, 5.74) is 6.60. The normalized spacial score (nSPS) is 12.2. The van der Waals surface area contributed by atoms with Gasteiger partial charge in [-0.15, -0.1) is 0 Å². The summed E-state index contributed by atoms with van der Waals surface area (Å²) in [5.74, 6) is -0.101. The number of hydrogen-bond acceptors (Lipinski definition) is 3. The molecule has 0 saturated heterocycles. The highest BCUT2D eigenvalue weighted by Gasteiger charge is 2.10. The van der Waals surface area contributed by atoms with Gasteiger partial charge in [-0.1, -0.05) is 25.5 Å². The van der Waals surface area contributed by atoms with Crippen LogP contribution in [0.4, 0.5) is 0 Å². The number of carbonyl (C=O) groups excluding carboxylic acids is 1. The highest BCUT2D eigenvalue weighted by Crippen LogP contribution is 1.92. The van der Waals surface area contributed by atoms with Crippen molar-refractivity contribution in [3.05, 3.63) is 12.2 Å². The summed E-state index contributed by atoms with van der Waals surface area (Å²) in [7, 11) is 0. The molecule has 0 aromatic rings. The topological polar surface area (TPSA) is 64.3 Å². The van der Waals surface area contributed by atoms with Crippen LogP contribution in [0.5, 0.6) is 0 Å². The number of rotatable bonds is 8. The van der Waals surface area contributed by atoms with Crippen LogP contribution in [0.3, 0.4) is 0 Å². The largest absolute Gasteiger partial charge is 0.375 e. The van der Waals surface area contributed by atoms with Gasteiger partial charge in [0.05, 0.1) is 19.3 Å². The van der Waals surface area contributed by atoms with E-state index in [9.17, 15) is 4.79 Å². The number of nitrogens with one attached hydrogen (secondary N) is 1. The zero-order valence-electron chi connectivity index (χ0n) is 9.71. The molecule has 0 saturated carbocycles. The van der Waals surface area contributed by atoms with Crippen LogP contribution in [0.1, 0.15) is 26.7 Å². The Morgan fingerprint density at radius 2 is 2.27 bits per heavy atom. The van der Waals surface area contributed by atoms with Crippen LogP contribution >= 0.6 is 0 Å². The number of amides is 1. The highest BCUT2D eigenvalue weighted by atomic mass is 16.5. The Hall–Kier alpha value is -0.870. The van der Waals surface area contributed by atoms with Crippen molar-refractivity contribution in [2.45, 2.75) is 32.7 Å². The molecule has 0 radical (unpaired) electrons. The molecule has 0 aliphatic heterocycles. The lowest BCUT2D eigenvalue weighted by molar-refractivity contribution is -0.122. The second-order valence-corrected chi connectivity index (χ2v) is 3.70. The van der Waals surface area contributed by atoms with E-state index < -0.39 is 6.04 Å². The van der Waals surface area contributed by atoms with Gasteiger partial charge in [0, 0.05) is 6.54 Å². The van der Waals surface area contributed by atoms with Crippen LogP contribution in [0.15, 0.2) is 12.2 Å². The summed E-state index contributed by atoms with van der Waals surface area (Å²) in [4.78, 5) is 11.3. The molecule has 0 fully saturated rings. The fourth-order valence-electron chi connectivity index (χ4n) is 1.07. The SMILES string of the molecule is C=C(C)COCCNC(=O)[C@@H](N)CCC. The number of ether oxygens (including phenoxy) is 1. The molecule has 0 spiro atoms. The molecule has 0 aliphatic carbocycles. The molecule has 0 aliphatic rings. The molecule has 1 atom stereocenters. The van der Waals surface area contributed by atoms with Crippen molar-refractivity contribution < 1.29 is 9.53 Å². The minimum atomic E-state index is -0.392. The van der Waals surface area contributed by atoms with E-state index in [0.29, 0.717) is 19.8 Å². The Morgan fingerprint density at radius 1 is 1.60 bits per heavy atom. The molecule has 0 aromatic heterocycles. The van der Waals surface area contributed by atoms with Gasteiger partial charge in [0.2, 0.25) is 5.91 Å². The minimum Gasteiger partial charge on any atom is -0.375 e. The molecule has 88 valence electrons. The Kier molecular flexibility index (Phi) is 7.95. The minimum absolute atomic E-state index is 0.101. The molecule has 1 amide bonds. The smallest absolute Gasteiger partial charge is 0.236 e. The van der Waals surface area contributed by atoms with E-state index in [-0.39, 0.29) is 5.91 Å². The van der Waals surface area contributed by atoms with Gasteiger partial charge >= 0.3 is 0 Å². The van der Waals surface area contributed by atoms with Gasteiger partial charge in [0.1, 0.15) is 0 Å². The van der Waals surface area contributed by atoms with E-state index in [4.69, 9.17) is 10.5 Å². The molecule has 0 rings (SSSR count). The molecule has 0 aromatic carbocycles. The summed E-state index contributed by atoms with van der Waals surface area (Å²) in [5, 5.41) is 2.72. The fourth-order valence-corrected chi connectivity index (χ4v) is 1.07. The molecule has 0 heterocycles. The third kappa shape index (κ3) is 8.15. The van der Waals surface area contributed by atoms with Gasteiger partial charge in [0.25, 0.3) is 0 Å². The average molecular weight is 214 g/mol. The second kappa shape index (κ2) is 8.44. The standard InChI is InChI=1S/C11H22N2O2/c1-4-5-10(12)11(14)13-6-7-15-8-9(2)3/h10H,2,4-8,12H2,1,3H3,(H,13,14)/t10-/m0/s1. The lowest BCUT2D eigenvalue weighted by Crippen LogP contribution is -2.41. The maximum absolute atomic E-state index is 11.3. The van der Waals surface area contributed by atoms with E-state index in [1.807, 2.05) is 13.8 Å². The monoisotopic (exact) mass is 214 g/mol. The van der Waals surface area contributed by atoms with Crippen molar-refractivity contribution in [3.8, 4) is 0 Å². The summed E-state index contributed by atoms with van der Waals surface area (Å²) >= 11 is 0. The zero-order chi connectivity index (χ0) is 11.7. The fraction of sp³-hybridized carbons (Fsp3) is 0.727. The maximum Gasteiger partial charge on any atom is 0.236 e. The van der Waals surface area contributed by atoms with Gasteiger partial charge < -0.3 is 15.8 Å². The van der Waals surface area contributed by atoms with E-state index in [1.165, 1.54) is 0 Å². The summed E-state index contributed by atoms with van der Waals surface area (Å²) in [6.07, 6.45) is 1.64. The Labute approximate surface area is 91.9 Å². The average Bonchev–Trinajstić information content (AvgIpc) is 2.16. The summed E-state index contributed by atoms with van der Waals surface area (Å²) in [6, 6.07) is -0.392. The van der Waals surface area contributed by atoms with E-state index >= 15 is 0 Å². The first-order chi connectivity index (χ1) is 7.07. The van der Waals surface area contributed by atoms with Gasteiger partial charge in [0.15, 0.2) is 0 Å². The zero-order valence-corrected chi connectivity index (χ0v) is 9.71. The first kappa shape index (κ1) is 14.1. The molecule has 0 bridgehead atoms. The number of carbonyl (C=O) groups is 1. The van der Waals surface area contributed by atoms with Gasteiger partial charge in [-0.05, 0) is 13.3 Å². The molecular weight excluding hydrogens is 192 g/mol. The van der Waals surface area contributed by atoms with Crippen molar-refractivity contribution in [2.75, 3.05) is 19.8 Å². The predicted molar refractivity (Wildman–Crippen MR) is 61.5 cm³/mol. The van der Waals surface area contributed by atoms with Crippen LogP contribution < -0.4 is 11.1 Å². The first-order valence-corrected chi connectivity index (χ1v) is 5.33. The molecule has 3 N–H and O–H groups in total. The number of nitrogens with two attached hydrogens (primary N) is 1. The Bertz CT molecular complexity index is 205. The molecule has 15 heavy (non-hydrogen) atoms. The van der Waals surface area contributed by atoms with Crippen molar-refractivity contribution in [1.29, 1.82) is 0 Å². The van der Waals surface area contributed by atoms with Crippen molar-refractivity contribution in [1.82, 2.24) is 5.32 Å². The van der Waals surface area contributed by atoms with Crippen molar-refractivity contribution >= 4 is 5.91 Å². The third-order valence-corrected chi connectivity index (χ3v) is 1.83. The van der Waals surface area contributed by atoms with Crippen LogP contribution in [0, 0.1) is 0 Å². The summed E-state index contributed by atoms with van der Waals surface area (Å²) < 4.78 is 5.23. The predicted octanol–water partition coefficient (Wildman–Crippen LogP) is 0.823.